The molecule has 0 aromatic carbocycles. The SMILES string of the molecule is CCN(CC1CCCO1)C(=O)C(C)NC(=O)OC(C)(C)C. The summed E-state index contributed by atoms with van der Waals surface area (Å²) < 4.78 is 10.7. The number of alkyl carbamates (subject to hydrolysis) is 1. The number of hydrogen-bond donors (Lipinski definition) is 1. The van der Waals surface area contributed by atoms with Crippen molar-refractivity contribution in [3.8, 4) is 0 Å². The van der Waals surface area contributed by atoms with Gasteiger partial charge in [-0.2, -0.15) is 0 Å². The lowest BCUT2D eigenvalue weighted by Gasteiger charge is -2.28. The van der Waals surface area contributed by atoms with Gasteiger partial charge in [-0.3, -0.25) is 4.79 Å². The lowest BCUT2D eigenvalue weighted by molar-refractivity contribution is -0.134. The van der Waals surface area contributed by atoms with Crippen LogP contribution in [0.1, 0.15) is 47.5 Å². The van der Waals surface area contributed by atoms with Gasteiger partial charge in [0.15, 0.2) is 0 Å². The molecule has 0 aliphatic carbocycles. The smallest absolute Gasteiger partial charge is 0.408 e. The summed E-state index contributed by atoms with van der Waals surface area (Å²) in [7, 11) is 0. The van der Waals surface area contributed by atoms with E-state index in [4.69, 9.17) is 9.47 Å². The van der Waals surface area contributed by atoms with Crippen molar-refractivity contribution in [3.05, 3.63) is 0 Å². The van der Waals surface area contributed by atoms with Crippen LogP contribution in [0.25, 0.3) is 0 Å². The van der Waals surface area contributed by atoms with Gasteiger partial charge in [-0.1, -0.05) is 0 Å². The first-order valence-electron chi connectivity index (χ1n) is 7.63. The second kappa shape index (κ2) is 7.64. The molecule has 2 unspecified atom stereocenters. The fraction of sp³-hybridized carbons (Fsp3) is 0.867. The number of nitrogens with one attached hydrogen (secondary N) is 1. The van der Waals surface area contributed by atoms with Crippen molar-refractivity contribution in [2.45, 2.75) is 65.2 Å². The van der Waals surface area contributed by atoms with Crippen LogP contribution in [0.15, 0.2) is 0 Å². The molecular formula is C15H28N2O4. The number of rotatable bonds is 5. The van der Waals surface area contributed by atoms with Gasteiger partial charge in [0.2, 0.25) is 5.91 Å². The van der Waals surface area contributed by atoms with E-state index in [0.29, 0.717) is 13.1 Å². The molecule has 1 N–H and O–H groups in total. The van der Waals surface area contributed by atoms with Crippen molar-refractivity contribution < 1.29 is 19.1 Å². The zero-order chi connectivity index (χ0) is 16.0. The van der Waals surface area contributed by atoms with E-state index in [1.165, 1.54) is 0 Å². The maximum atomic E-state index is 12.4. The summed E-state index contributed by atoms with van der Waals surface area (Å²) in [4.78, 5) is 25.8. The molecule has 122 valence electrons. The first-order valence-corrected chi connectivity index (χ1v) is 7.63. The third-order valence-corrected chi connectivity index (χ3v) is 3.25. The van der Waals surface area contributed by atoms with Gasteiger partial charge in [-0.05, 0) is 47.5 Å². The molecule has 0 aromatic rings. The molecule has 6 nitrogen and oxygen atoms in total. The molecule has 1 aliphatic heterocycles. The molecule has 6 heteroatoms. The third kappa shape index (κ3) is 6.33. The summed E-state index contributed by atoms with van der Waals surface area (Å²) in [6.07, 6.45) is 1.57. The predicted molar refractivity (Wildman–Crippen MR) is 80.1 cm³/mol. The van der Waals surface area contributed by atoms with Gasteiger partial charge < -0.3 is 19.7 Å². The summed E-state index contributed by atoms with van der Waals surface area (Å²) in [5.41, 5.74) is -0.574. The summed E-state index contributed by atoms with van der Waals surface area (Å²) in [5, 5.41) is 2.58. The number of carbonyl (C=O) groups excluding carboxylic acids is 2. The monoisotopic (exact) mass is 300 g/mol. The van der Waals surface area contributed by atoms with Crippen LogP contribution in [0.2, 0.25) is 0 Å². The van der Waals surface area contributed by atoms with Crippen LogP contribution >= 0.6 is 0 Å². The highest BCUT2D eigenvalue weighted by Crippen LogP contribution is 2.14. The molecule has 1 rings (SSSR count). The molecule has 1 heterocycles. The Hall–Kier alpha value is -1.30. The Bertz CT molecular complexity index is 359. The quantitative estimate of drug-likeness (QED) is 0.842. The van der Waals surface area contributed by atoms with E-state index in [0.717, 1.165) is 19.4 Å². The number of likely N-dealkylation sites (N-methyl/N-ethyl adjacent to an activating group) is 1. The molecule has 21 heavy (non-hydrogen) atoms. The van der Waals surface area contributed by atoms with Crippen LogP contribution < -0.4 is 5.32 Å². The highest BCUT2D eigenvalue weighted by Gasteiger charge is 2.27. The minimum Gasteiger partial charge on any atom is -0.444 e. The Morgan fingerprint density at radius 2 is 2.10 bits per heavy atom. The molecule has 0 aromatic heterocycles. The molecular weight excluding hydrogens is 272 g/mol. The first-order chi connectivity index (χ1) is 9.73. The van der Waals surface area contributed by atoms with E-state index in [9.17, 15) is 9.59 Å². The maximum absolute atomic E-state index is 12.4. The minimum absolute atomic E-state index is 0.112. The van der Waals surface area contributed by atoms with E-state index in [2.05, 4.69) is 5.32 Å². The Kier molecular flexibility index (Phi) is 6.45. The Morgan fingerprint density at radius 3 is 2.57 bits per heavy atom. The lowest BCUT2D eigenvalue weighted by atomic mass is 10.2. The summed E-state index contributed by atoms with van der Waals surface area (Å²) in [6.45, 7) is 10.9. The molecule has 2 atom stereocenters. The molecule has 0 saturated carbocycles. The first kappa shape index (κ1) is 17.8. The summed E-state index contributed by atoms with van der Waals surface area (Å²) in [5.74, 6) is -0.112. The van der Waals surface area contributed by atoms with Gasteiger partial charge >= 0.3 is 6.09 Å². The van der Waals surface area contributed by atoms with Gasteiger partial charge in [-0.25, -0.2) is 4.79 Å². The maximum Gasteiger partial charge on any atom is 0.408 e. The second-order valence-electron chi connectivity index (χ2n) is 6.38. The molecule has 2 amide bonds. The van der Waals surface area contributed by atoms with Crippen molar-refractivity contribution >= 4 is 12.0 Å². The molecule has 0 radical (unpaired) electrons. The van der Waals surface area contributed by atoms with E-state index in [-0.39, 0.29) is 12.0 Å². The van der Waals surface area contributed by atoms with Crippen LogP contribution in [0.4, 0.5) is 4.79 Å². The number of carbonyl (C=O) groups is 2. The van der Waals surface area contributed by atoms with E-state index in [1.807, 2.05) is 6.92 Å². The molecule has 1 fully saturated rings. The Labute approximate surface area is 127 Å². The zero-order valence-corrected chi connectivity index (χ0v) is 13.8. The van der Waals surface area contributed by atoms with Crippen molar-refractivity contribution in [1.29, 1.82) is 0 Å². The van der Waals surface area contributed by atoms with Crippen LogP contribution in [-0.2, 0) is 14.3 Å². The van der Waals surface area contributed by atoms with Crippen molar-refractivity contribution in [3.63, 3.8) is 0 Å². The normalized spacial score (nSPS) is 20.0. The number of hydrogen-bond acceptors (Lipinski definition) is 4. The molecule has 1 aliphatic rings. The lowest BCUT2D eigenvalue weighted by Crippen LogP contribution is -2.49. The van der Waals surface area contributed by atoms with E-state index in [1.54, 1.807) is 32.6 Å². The topological polar surface area (TPSA) is 67.9 Å². The van der Waals surface area contributed by atoms with Gasteiger partial charge in [0, 0.05) is 19.7 Å². The summed E-state index contributed by atoms with van der Waals surface area (Å²) in [6, 6.07) is -0.610. The summed E-state index contributed by atoms with van der Waals surface area (Å²) >= 11 is 0. The average Bonchev–Trinajstić information content (AvgIpc) is 2.85. The third-order valence-electron chi connectivity index (χ3n) is 3.25. The molecule has 0 spiro atoms. The fourth-order valence-electron chi connectivity index (χ4n) is 2.23. The van der Waals surface area contributed by atoms with Crippen LogP contribution in [0, 0.1) is 0 Å². The van der Waals surface area contributed by atoms with Crippen LogP contribution in [0.5, 0.6) is 0 Å². The predicted octanol–water partition coefficient (Wildman–Crippen LogP) is 1.93. The zero-order valence-electron chi connectivity index (χ0n) is 13.8. The fourth-order valence-corrected chi connectivity index (χ4v) is 2.23. The van der Waals surface area contributed by atoms with Crippen molar-refractivity contribution in [2.24, 2.45) is 0 Å². The Morgan fingerprint density at radius 1 is 1.43 bits per heavy atom. The van der Waals surface area contributed by atoms with Gasteiger partial charge in [0.05, 0.1) is 6.10 Å². The Balaban J connectivity index is 2.48. The minimum atomic E-state index is -0.610. The van der Waals surface area contributed by atoms with Crippen LogP contribution in [-0.4, -0.2) is 54.3 Å². The van der Waals surface area contributed by atoms with Crippen molar-refractivity contribution in [2.75, 3.05) is 19.7 Å². The second-order valence-corrected chi connectivity index (χ2v) is 6.38. The van der Waals surface area contributed by atoms with Crippen LogP contribution in [0.3, 0.4) is 0 Å². The van der Waals surface area contributed by atoms with Gasteiger partial charge in [0.1, 0.15) is 11.6 Å². The number of nitrogens with zero attached hydrogens (tertiary/aromatic N) is 1. The number of amides is 2. The largest absolute Gasteiger partial charge is 0.444 e. The molecule has 0 bridgehead atoms. The standard InChI is InChI=1S/C15H28N2O4/c1-6-17(10-12-8-7-9-20-12)13(18)11(2)16-14(19)21-15(3,4)5/h11-12H,6-10H2,1-5H3,(H,16,19). The highest BCUT2D eigenvalue weighted by atomic mass is 16.6. The average molecular weight is 300 g/mol. The van der Waals surface area contributed by atoms with E-state index >= 15 is 0 Å². The molecule has 1 saturated heterocycles. The van der Waals surface area contributed by atoms with E-state index < -0.39 is 17.7 Å². The van der Waals surface area contributed by atoms with Gasteiger partial charge in [0.25, 0.3) is 0 Å². The highest BCUT2D eigenvalue weighted by molar-refractivity contribution is 5.85. The number of ether oxygens (including phenoxy) is 2. The van der Waals surface area contributed by atoms with Crippen molar-refractivity contribution in [1.82, 2.24) is 10.2 Å². The van der Waals surface area contributed by atoms with Gasteiger partial charge in [-0.15, -0.1) is 0 Å².